The molecule has 1 fully saturated rings. The molecule has 0 saturated carbocycles. The quantitative estimate of drug-likeness (QED) is 0.480. The van der Waals surface area contributed by atoms with E-state index in [1.807, 2.05) is 6.07 Å². The minimum absolute atomic E-state index is 0.568. The summed E-state index contributed by atoms with van der Waals surface area (Å²) in [6, 6.07) is 3.66. The molecule has 1 aromatic rings. The topological polar surface area (TPSA) is 62.3 Å². The highest BCUT2D eigenvalue weighted by Crippen LogP contribution is 2.28. The number of rotatable bonds is 6. The number of hydrogen-bond donors (Lipinski definition) is 2. The highest BCUT2D eigenvalue weighted by molar-refractivity contribution is 9.10. The molecule has 0 aromatic heterocycles. The van der Waals surface area contributed by atoms with Crippen molar-refractivity contribution in [2.45, 2.75) is 19.3 Å². The fourth-order valence-electron chi connectivity index (χ4n) is 2.36. The number of hydrogen-bond acceptors (Lipinski definition) is 4. The highest BCUT2D eigenvalue weighted by atomic mass is 79.9. The number of nitrogens with two attached hydrogens (primary N) is 1. The van der Waals surface area contributed by atoms with Gasteiger partial charge in [-0.15, -0.1) is 0 Å². The first-order chi connectivity index (χ1) is 9.20. The van der Waals surface area contributed by atoms with Crippen LogP contribution >= 0.6 is 15.9 Å². The molecule has 0 aliphatic carbocycles. The second-order valence-electron chi connectivity index (χ2n) is 4.80. The summed E-state index contributed by atoms with van der Waals surface area (Å²) < 4.78 is 6.64. The Labute approximate surface area is 122 Å². The fourth-order valence-corrected chi connectivity index (χ4v) is 2.82. The number of anilines is 1. The molecule has 0 spiro atoms. The molecule has 1 saturated heterocycles. The van der Waals surface area contributed by atoms with Gasteiger partial charge in [0.25, 0.3) is 0 Å². The zero-order chi connectivity index (χ0) is 13.7. The van der Waals surface area contributed by atoms with Gasteiger partial charge in [0.15, 0.2) is 0 Å². The Morgan fingerprint density at radius 1 is 1.37 bits per heavy atom. The van der Waals surface area contributed by atoms with E-state index in [1.54, 1.807) is 6.07 Å². The minimum atomic E-state index is 0.568. The van der Waals surface area contributed by atoms with Crippen molar-refractivity contribution in [1.29, 1.82) is 5.41 Å². The van der Waals surface area contributed by atoms with Crippen molar-refractivity contribution in [2.24, 2.45) is 0 Å². The summed E-state index contributed by atoms with van der Waals surface area (Å²) in [5.41, 5.74) is 7.09. The Bertz CT molecular complexity index is 445. The zero-order valence-corrected chi connectivity index (χ0v) is 12.6. The van der Waals surface area contributed by atoms with Crippen LogP contribution in [0.5, 0.6) is 5.75 Å². The third-order valence-corrected chi connectivity index (χ3v) is 3.82. The summed E-state index contributed by atoms with van der Waals surface area (Å²) in [6.45, 7) is 4.18. The molecular weight excluding hydrogens is 306 g/mol. The van der Waals surface area contributed by atoms with E-state index < -0.39 is 0 Å². The van der Waals surface area contributed by atoms with Crippen molar-refractivity contribution in [1.82, 2.24) is 4.90 Å². The van der Waals surface area contributed by atoms with Crippen LogP contribution in [0.15, 0.2) is 16.6 Å². The minimum Gasteiger partial charge on any atom is -0.493 e. The first kappa shape index (κ1) is 14.3. The van der Waals surface area contributed by atoms with Crippen LogP contribution < -0.4 is 10.5 Å². The van der Waals surface area contributed by atoms with Crippen LogP contribution in [-0.2, 0) is 0 Å². The van der Waals surface area contributed by atoms with Crippen LogP contribution in [0, 0.1) is 5.41 Å². The molecule has 104 valence electrons. The van der Waals surface area contributed by atoms with Gasteiger partial charge in [0.05, 0.1) is 12.2 Å². The fraction of sp³-hybridized carbons (Fsp3) is 0.500. The lowest BCUT2D eigenvalue weighted by atomic mass is 10.2. The van der Waals surface area contributed by atoms with Crippen LogP contribution in [-0.4, -0.2) is 37.4 Å². The molecule has 1 aliphatic rings. The summed E-state index contributed by atoms with van der Waals surface area (Å²) in [6.07, 6.45) is 4.89. The molecule has 0 bridgehead atoms. The summed E-state index contributed by atoms with van der Waals surface area (Å²) >= 11 is 3.40. The van der Waals surface area contributed by atoms with E-state index in [1.165, 1.54) is 32.1 Å². The van der Waals surface area contributed by atoms with Crippen LogP contribution in [0.25, 0.3) is 0 Å². The zero-order valence-electron chi connectivity index (χ0n) is 11.0. The molecule has 2 rings (SSSR count). The van der Waals surface area contributed by atoms with Crippen LogP contribution in [0.4, 0.5) is 5.69 Å². The van der Waals surface area contributed by atoms with Gasteiger partial charge in [-0.1, -0.05) is 15.9 Å². The first-order valence-electron chi connectivity index (χ1n) is 6.65. The highest BCUT2D eigenvalue weighted by Gasteiger charge is 2.11. The van der Waals surface area contributed by atoms with Gasteiger partial charge < -0.3 is 20.8 Å². The molecular formula is C14H20BrN3O. The Kier molecular flexibility index (Phi) is 5.22. The number of halogens is 1. The van der Waals surface area contributed by atoms with E-state index in [0.29, 0.717) is 23.6 Å². The van der Waals surface area contributed by atoms with Crippen molar-refractivity contribution >= 4 is 27.8 Å². The molecule has 1 heterocycles. The third kappa shape index (κ3) is 3.94. The number of benzene rings is 1. The van der Waals surface area contributed by atoms with Gasteiger partial charge >= 0.3 is 0 Å². The summed E-state index contributed by atoms with van der Waals surface area (Å²) in [5.74, 6) is 0.684. The second kappa shape index (κ2) is 6.91. The number of ether oxygens (including phenoxy) is 1. The molecule has 4 nitrogen and oxygen atoms in total. The molecule has 5 heteroatoms. The van der Waals surface area contributed by atoms with Gasteiger partial charge in [-0.3, -0.25) is 0 Å². The van der Waals surface area contributed by atoms with Gasteiger partial charge in [0, 0.05) is 22.9 Å². The normalized spacial score (nSPS) is 15.6. The second-order valence-corrected chi connectivity index (χ2v) is 5.72. The summed E-state index contributed by atoms with van der Waals surface area (Å²) in [7, 11) is 0. The number of nitrogens with zero attached hydrogens (tertiary/aromatic N) is 1. The molecule has 3 N–H and O–H groups in total. The molecule has 0 atom stereocenters. The maximum Gasteiger partial charge on any atom is 0.131 e. The predicted octanol–water partition coefficient (Wildman–Crippen LogP) is 2.89. The number of likely N-dealkylation sites (tertiary alicyclic amines) is 1. The van der Waals surface area contributed by atoms with Crippen molar-refractivity contribution in [2.75, 3.05) is 32.0 Å². The van der Waals surface area contributed by atoms with Crippen LogP contribution in [0.2, 0.25) is 0 Å². The van der Waals surface area contributed by atoms with Gasteiger partial charge in [-0.05, 0) is 44.5 Å². The van der Waals surface area contributed by atoms with Crippen LogP contribution in [0.1, 0.15) is 24.8 Å². The van der Waals surface area contributed by atoms with Gasteiger partial charge in [-0.2, -0.15) is 0 Å². The molecule has 0 unspecified atom stereocenters. The van der Waals surface area contributed by atoms with E-state index in [4.69, 9.17) is 15.9 Å². The predicted molar refractivity (Wildman–Crippen MR) is 82.2 cm³/mol. The molecule has 19 heavy (non-hydrogen) atoms. The lowest BCUT2D eigenvalue weighted by Gasteiger charge is -2.15. The average Bonchev–Trinajstić information content (AvgIpc) is 2.87. The standard InChI is InChI=1S/C14H20BrN3O/c15-11-8-13(17)12(10-16)14(9-11)19-7-3-6-18-4-1-2-5-18/h8-10,16H,1-7,17H2. The largest absolute Gasteiger partial charge is 0.493 e. The maximum absolute atomic E-state index is 7.40. The van der Waals surface area contributed by atoms with Crippen molar-refractivity contribution in [3.8, 4) is 5.75 Å². The Morgan fingerprint density at radius 3 is 2.79 bits per heavy atom. The average molecular weight is 326 g/mol. The smallest absolute Gasteiger partial charge is 0.131 e. The number of nitrogens with one attached hydrogen (secondary N) is 1. The summed E-state index contributed by atoms with van der Waals surface area (Å²) in [5, 5.41) is 7.40. The third-order valence-electron chi connectivity index (χ3n) is 3.36. The van der Waals surface area contributed by atoms with Gasteiger partial charge in [0.1, 0.15) is 5.75 Å². The van der Waals surface area contributed by atoms with Crippen molar-refractivity contribution in [3.05, 3.63) is 22.2 Å². The van der Waals surface area contributed by atoms with E-state index in [-0.39, 0.29) is 0 Å². The Hall–Kier alpha value is -1.07. The van der Waals surface area contributed by atoms with E-state index in [2.05, 4.69) is 20.8 Å². The molecule has 1 aliphatic heterocycles. The lowest BCUT2D eigenvalue weighted by molar-refractivity contribution is 0.263. The van der Waals surface area contributed by atoms with E-state index in [9.17, 15) is 0 Å². The monoisotopic (exact) mass is 325 g/mol. The Morgan fingerprint density at radius 2 is 2.11 bits per heavy atom. The van der Waals surface area contributed by atoms with E-state index >= 15 is 0 Å². The van der Waals surface area contributed by atoms with Crippen LogP contribution in [0.3, 0.4) is 0 Å². The molecule has 0 radical (unpaired) electrons. The van der Waals surface area contributed by atoms with Crippen molar-refractivity contribution in [3.63, 3.8) is 0 Å². The van der Waals surface area contributed by atoms with Gasteiger partial charge in [0.2, 0.25) is 0 Å². The molecule has 0 amide bonds. The maximum atomic E-state index is 7.40. The Balaban J connectivity index is 1.86. The molecule has 1 aromatic carbocycles. The number of nitrogen functional groups attached to an aromatic ring is 1. The van der Waals surface area contributed by atoms with E-state index in [0.717, 1.165) is 17.4 Å². The summed E-state index contributed by atoms with van der Waals surface area (Å²) in [4.78, 5) is 2.47. The lowest BCUT2D eigenvalue weighted by Crippen LogP contribution is -2.22. The van der Waals surface area contributed by atoms with Crippen molar-refractivity contribution < 1.29 is 4.74 Å². The van der Waals surface area contributed by atoms with Gasteiger partial charge in [-0.25, -0.2) is 0 Å². The first-order valence-corrected chi connectivity index (χ1v) is 7.44. The SMILES string of the molecule is N=Cc1c(N)cc(Br)cc1OCCCN1CCCC1.